The molecule has 1 aliphatic rings. The highest BCUT2D eigenvalue weighted by Gasteiger charge is 2.28. The maximum Gasteiger partial charge on any atom is 0.242 e. The average molecular weight is 443 g/mol. The number of carbonyl (C=O) groups excluding carboxylic acids is 2. The number of rotatable bonds is 9. The minimum Gasteiger partial charge on any atom is -0.352 e. The molecular formula is C25H31FN2O2S. The van der Waals surface area contributed by atoms with Crippen LogP contribution in [0.1, 0.15) is 49.3 Å². The van der Waals surface area contributed by atoms with Crippen LogP contribution in [0.4, 0.5) is 4.39 Å². The van der Waals surface area contributed by atoms with E-state index in [2.05, 4.69) is 29.6 Å². The number of aryl methyl sites for hydroxylation is 1. The first-order valence-electron chi connectivity index (χ1n) is 10.9. The Hall–Kier alpha value is -2.34. The molecule has 166 valence electrons. The van der Waals surface area contributed by atoms with Crippen molar-refractivity contribution >= 4 is 23.6 Å². The second-order valence-electron chi connectivity index (χ2n) is 8.29. The first-order chi connectivity index (χ1) is 14.9. The summed E-state index contributed by atoms with van der Waals surface area (Å²) < 4.78 is 13.3. The molecule has 0 bridgehead atoms. The molecule has 0 saturated heterocycles. The summed E-state index contributed by atoms with van der Waals surface area (Å²) >= 11 is 1.54. The lowest BCUT2D eigenvalue weighted by molar-refractivity contribution is -0.138. The zero-order valence-corrected chi connectivity index (χ0v) is 19.1. The van der Waals surface area contributed by atoms with E-state index in [0.717, 1.165) is 37.0 Å². The molecule has 1 atom stereocenters. The molecule has 1 aliphatic carbocycles. The molecule has 2 aromatic carbocycles. The number of hydrogen-bond acceptors (Lipinski definition) is 3. The van der Waals surface area contributed by atoms with Crippen molar-refractivity contribution in [2.45, 2.75) is 63.9 Å². The number of halogens is 1. The van der Waals surface area contributed by atoms with Crippen LogP contribution in [0.5, 0.6) is 0 Å². The van der Waals surface area contributed by atoms with E-state index in [9.17, 15) is 14.0 Å². The van der Waals surface area contributed by atoms with Gasteiger partial charge in [-0.1, -0.05) is 54.8 Å². The van der Waals surface area contributed by atoms with Crippen LogP contribution in [-0.4, -0.2) is 34.6 Å². The number of nitrogens with zero attached hydrogens (tertiary/aromatic N) is 1. The average Bonchev–Trinajstić information content (AvgIpc) is 3.27. The van der Waals surface area contributed by atoms with Gasteiger partial charge in [-0.2, -0.15) is 0 Å². The molecule has 0 aliphatic heterocycles. The molecular weight excluding hydrogens is 411 g/mol. The van der Waals surface area contributed by atoms with Gasteiger partial charge in [0.05, 0.1) is 5.75 Å². The van der Waals surface area contributed by atoms with Gasteiger partial charge in [0.2, 0.25) is 11.8 Å². The lowest BCUT2D eigenvalue weighted by Crippen LogP contribution is -2.50. The van der Waals surface area contributed by atoms with Crippen molar-refractivity contribution in [1.82, 2.24) is 10.2 Å². The van der Waals surface area contributed by atoms with E-state index in [1.807, 2.05) is 6.92 Å². The number of nitrogens with one attached hydrogen (secondary N) is 1. The third kappa shape index (κ3) is 7.10. The molecule has 0 aromatic heterocycles. The predicted molar refractivity (Wildman–Crippen MR) is 124 cm³/mol. The maximum absolute atomic E-state index is 13.3. The Morgan fingerprint density at radius 1 is 1.06 bits per heavy atom. The number of amides is 2. The van der Waals surface area contributed by atoms with Gasteiger partial charge in [0.25, 0.3) is 0 Å². The van der Waals surface area contributed by atoms with E-state index >= 15 is 0 Å². The fourth-order valence-electron chi connectivity index (χ4n) is 3.78. The van der Waals surface area contributed by atoms with E-state index in [-0.39, 0.29) is 36.0 Å². The van der Waals surface area contributed by atoms with Gasteiger partial charge in [-0.3, -0.25) is 9.59 Å². The molecule has 1 unspecified atom stereocenters. The first-order valence-corrected chi connectivity index (χ1v) is 12.1. The van der Waals surface area contributed by atoms with Crippen molar-refractivity contribution in [2.24, 2.45) is 0 Å². The van der Waals surface area contributed by atoms with Gasteiger partial charge in [-0.15, -0.1) is 11.8 Å². The van der Waals surface area contributed by atoms with Gasteiger partial charge in [0.15, 0.2) is 0 Å². The Bertz CT molecular complexity index is 864. The van der Waals surface area contributed by atoms with E-state index in [4.69, 9.17) is 0 Å². The van der Waals surface area contributed by atoms with Gasteiger partial charge < -0.3 is 10.2 Å². The Morgan fingerprint density at radius 2 is 1.68 bits per heavy atom. The molecule has 31 heavy (non-hydrogen) atoms. The minimum atomic E-state index is -0.585. The predicted octanol–water partition coefficient (Wildman–Crippen LogP) is 4.84. The molecule has 1 fully saturated rings. The second kappa shape index (κ2) is 11.3. The quantitative estimate of drug-likeness (QED) is 0.604. The Morgan fingerprint density at radius 3 is 2.32 bits per heavy atom. The standard InChI is InChI=1S/C25H31FN2O2S/c1-18-7-9-21(10-8-18)16-31-17-24(29)28(15-20-11-13-22(26)14-12-20)19(2)25(30)27-23-5-3-4-6-23/h7-14,19,23H,3-6,15-17H2,1-2H3,(H,27,30). The number of thioether (sulfide) groups is 1. The minimum absolute atomic E-state index is 0.0875. The molecule has 1 N–H and O–H groups in total. The molecule has 0 heterocycles. The highest BCUT2D eigenvalue weighted by atomic mass is 32.2. The second-order valence-corrected chi connectivity index (χ2v) is 9.28. The van der Waals surface area contributed by atoms with Crippen LogP contribution < -0.4 is 5.32 Å². The summed E-state index contributed by atoms with van der Waals surface area (Å²) in [7, 11) is 0. The lowest BCUT2D eigenvalue weighted by atomic mass is 10.1. The summed E-state index contributed by atoms with van der Waals surface area (Å²) in [5, 5.41) is 3.10. The number of hydrogen-bond donors (Lipinski definition) is 1. The van der Waals surface area contributed by atoms with Crippen molar-refractivity contribution < 1.29 is 14.0 Å². The molecule has 0 spiro atoms. The fourth-order valence-corrected chi connectivity index (χ4v) is 4.66. The Kier molecular flexibility index (Phi) is 8.52. The Labute approximate surface area is 188 Å². The van der Waals surface area contributed by atoms with Gasteiger partial charge in [-0.25, -0.2) is 4.39 Å². The summed E-state index contributed by atoms with van der Waals surface area (Å²) in [5.41, 5.74) is 3.18. The molecule has 1 saturated carbocycles. The van der Waals surface area contributed by atoms with Gasteiger partial charge in [0.1, 0.15) is 11.9 Å². The van der Waals surface area contributed by atoms with E-state index in [1.54, 1.807) is 35.7 Å². The summed E-state index contributed by atoms with van der Waals surface area (Å²) in [6.45, 7) is 4.10. The summed E-state index contributed by atoms with van der Waals surface area (Å²) in [6, 6.07) is 14.0. The van der Waals surface area contributed by atoms with Crippen molar-refractivity contribution in [3.63, 3.8) is 0 Å². The largest absolute Gasteiger partial charge is 0.352 e. The van der Waals surface area contributed by atoms with E-state index in [1.165, 1.54) is 23.3 Å². The lowest BCUT2D eigenvalue weighted by Gasteiger charge is -2.29. The normalized spacial score (nSPS) is 14.9. The fraction of sp³-hybridized carbons (Fsp3) is 0.440. The van der Waals surface area contributed by atoms with Crippen LogP contribution >= 0.6 is 11.8 Å². The molecule has 0 radical (unpaired) electrons. The molecule has 2 amide bonds. The monoisotopic (exact) mass is 442 g/mol. The van der Waals surface area contributed by atoms with Crippen LogP contribution in [0.15, 0.2) is 48.5 Å². The number of carbonyl (C=O) groups is 2. The smallest absolute Gasteiger partial charge is 0.242 e. The third-order valence-corrected chi connectivity index (χ3v) is 6.74. The Balaban J connectivity index is 1.64. The van der Waals surface area contributed by atoms with Crippen molar-refractivity contribution in [3.8, 4) is 0 Å². The molecule has 2 aromatic rings. The van der Waals surface area contributed by atoms with E-state index < -0.39 is 6.04 Å². The molecule has 6 heteroatoms. The van der Waals surface area contributed by atoms with Gasteiger partial charge >= 0.3 is 0 Å². The van der Waals surface area contributed by atoms with Gasteiger partial charge in [-0.05, 0) is 49.9 Å². The SMILES string of the molecule is Cc1ccc(CSCC(=O)N(Cc2ccc(F)cc2)C(C)C(=O)NC2CCCC2)cc1. The van der Waals surface area contributed by atoms with Crippen LogP contribution in [0, 0.1) is 12.7 Å². The van der Waals surface area contributed by atoms with Crippen LogP contribution in [-0.2, 0) is 21.9 Å². The van der Waals surface area contributed by atoms with Crippen LogP contribution in [0.2, 0.25) is 0 Å². The van der Waals surface area contributed by atoms with E-state index in [0.29, 0.717) is 0 Å². The van der Waals surface area contributed by atoms with Crippen molar-refractivity contribution in [1.29, 1.82) is 0 Å². The summed E-state index contributed by atoms with van der Waals surface area (Å²) in [6.07, 6.45) is 4.26. The number of benzene rings is 2. The summed E-state index contributed by atoms with van der Waals surface area (Å²) in [4.78, 5) is 27.5. The van der Waals surface area contributed by atoms with Gasteiger partial charge in [0, 0.05) is 18.3 Å². The highest BCUT2D eigenvalue weighted by molar-refractivity contribution is 7.99. The first kappa shape index (κ1) is 23.3. The molecule has 4 nitrogen and oxygen atoms in total. The van der Waals surface area contributed by atoms with Crippen molar-refractivity contribution in [3.05, 3.63) is 71.0 Å². The maximum atomic E-state index is 13.3. The topological polar surface area (TPSA) is 49.4 Å². The zero-order valence-electron chi connectivity index (χ0n) is 18.3. The molecule has 3 rings (SSSR count). The third-order valence-electron chi connectivity index (χ3n) is 5.75. The highest BCUT2D eigenvalue weighted by Crippen LogP contribution is 2.20. The van der Waals surface area contributed by atoms with Crippen molar-refractivity contribution in [2.75, 3.05) is 5.75 Å². The van der Waals surface area contributed by atoms with Crippen LogP contribution in [0.25, 0.3) is 0 Å². The summed E-state index contributed by atoms with van der Waals surface area (Å²) in [5.74, 6) is 0.499. The van der Waals surface area contributed by atoms with Crippen LogP contribution in [0.3, 0.4) is 0 Å². The zero-order chi connectivity index (χ0) is 22.2.